The number of rotatable bonds is 4. The highest BCUT2D eigenvalue weighted by Crippen LogP contribution is 2.26. The van der Waals surface area contributed by atoms with Crippen molar-refractivity contribution >= 4 is 17.3 Å². The number of benzene rings is 1. The number of aliphatic hydroxyl groups excluding tert-OH is 1. The molecule has 0 saturated heterocycles. The molecule has 1 fully saturated rings. The van der Waals surface area contributed by atoms with Gasteiger partial charge in [-0.25, -0.2) is 0 Å². The van der Waals surface area contributed by atoms with Crippen LogP contribution in [0.3, 0.4) is 0 Å². The smallest absolute Gasteiger partial charge is 0.275 e. The van der Waals surface area contributed by atoms with Crippen LogP contribution in [0.2, 0.25) is 5.02 Å². The molecule has 0 radical (unpaired) electrons. The Bertz CT molecular complexity index is 458. The highest BCUT2D eigenvalue weighted by molar-refractivity contribution is 6.30. The van der Waals surface area contributed by atoms with Crippen molar-refractivity contribution < 1.29 is 14.8 Å². The third kappa shape index (κ3) is 3.89. The van der Waals surface area contributed by atoms with Crippen molar-refractivity contribution in [3.8, 4) is 0 Å². The first-order valence-electron chi connectivity index (χ1n) is 6.28. The van der Waals surface area contributed by atoms with Crippen LogP contribution in [0.4, 0.5) is 5.69 Å². The molecule has 0 spiro atoms. The van der Waals surface area contributed by atoms with Gasteiger partial charge < -0.3 is 9.84 Å². The molecule has 0 aromatic heterocycles. The van der Waals surface area contributed by atoms with Crippen LogP contribution in [-0.2, 0) is 11.3 Å². The minimum Gasteiger partial charge on any atom is -0.393 e. The molecule has 1 saturated carbocycles. The average molecular weight is 286 g/mol. The summed E-state index contributed by atoms with van der Waals surface area (Å²) in [5, 5.41) is 20.8. The van der Waals surface area contributed by atoms with Crippen LogP contribution < -0.4 is 0 Å². The van der Waals surface area contributed by atoms with E-state index < -0.39 is 4.92 Å². The number of aliphatic hydroxyl groups is 1. The van der Waals surface area contributed by atoms with Crippen molar-refractivity contribution in [3.63, 3.8) is 0 Å². The van der Waals surface area contributed by atoms with Gasteiger partial charge in [-0.15, -0.1) is 0 Å². The largest absolute Gasteiger partial charge is 0.393 e. The molecule has 6 heteroatoms. The molecule has 0 bridgehead atoms. The summed E-state index contributed by atoms with van der Waals surface area (Å²) in [6.45, 7) is 0.178. The molecule has 2 rings (SSSR count). The summed E-state index contributed by atoms with van der Waals surface area (Å²) in [6, 6.07) is 4.46. The van der Waals surface area contributed by atoms with Crippen LogP contribution in [0.25, 0.3) is 0 Å². The topological polar surface area (TPSA) is 72.6 Å². The van der Waals surface area contributed by atoms with E-state index in [-0.39, 0.29) is 24.5 Å². The van der Waals surface area contributed by atoms with Crippen molar-refractivity contribution in [2.45, 2.75) is 44.5 Å². The first-order valence-corrected chi connectivity index (χ1v) is 6.66. The molecule has 1 aliphatic rings. The van der Waals surface area contributed by atoms with Gasteiger partial charge in [0.1, 0.15) is 0 Å². The molecule has 5 nitrogen and oxygen atoms in total. The first-order chi connectivity index (χ1) is 9.06. The Kier molecular flexibility index (Phi) is 4.74. The van der Waals surface area contributed by atoms with E-state index in [1.54, 1.807) is 6.07 Å². The Morgan fingerprint density at radius 2 is 2.05 bits per heavy atom. The molecule has 104 valence electrons. The van der Waals surface area contributed by atoms with Gasteiger partial charge in [-0.1, -0.05) is 11.6 Å². The number of nitrogens with zero attached hydrogens (tertiary/aromatic N) is 1. The monoisotopic (exact) mass is 285 g/mol. The lowest BCUT2D eigenvalue weighted by Crippen LogP contribution is -2.24. The number of hydrogen-bond donors (Lipinski definition) is 1. The standard InChI is InChI=1S/C13H16ClNO4/c14-10-1-6-13(15(17)18)9(7-10)8-19-12-4-2-11(16)3-5-12/h1,6-7,11-12,16H,2-5,8H2. The Hall–Kier alpha value is -1.17. The number of nitro groups is 1. The summed E-state index contributed by atoms with van der Waals surface area (Å²) in [5.41, 5.74) is 0.517. The van der Waals surface area contributed by atoms with Gasteiger partial charge in [0.05, 0.1) is 29.3 Å². The van der Waals surface area contributed by atoms with E-state index in [1.807, 2.05) is 0 Å². The average Bonchev–Trinajstić information content (AvgIpc) is 2.38. The van der Waals surface area contributed by atoms with E-state index in [1.165, 1.54) is 12.1 Å². The third-order valence-corrected chi connectivity index (χ3v) is 3.59. The third-order valence-electron chi connectivity index (χ3n) is 3.36. The van der Waals surface area contributed by atoms with Crippen LogP contribution in [0.5, 0.6) is 0 Å². The van der Waals surface area contributed by atoms with Crippen LogP contribution >= 0.6 is 11.6 Å². The zero-order valence-corrected chi connectivity index (χ0v) is 11.2. The molecule has 0 heterocycles. The maximum Gasteiger partial charge on any atom is 0.275 e. The van der Waals surface area contributed by atoms with Crippen molar-refractivity contribution in [2.24, 2.45) is 0 Å². The van der Waals surface area contributed by atoms with Crippen molar-refractivity contribution in [1.29, 1.82) is 0 Å². The zero-order chi connectivity index (χ0) is 13.8. The predicted molar refractivity (Wildman–Crippen MR) is 71.2 cm³/mol. The van der Waals surface area contributed by atoms with Crippen LogP contribution in [0.15, 0.2) is 18.2 Å². The fraction of sp³-hybridized carbons (Fsp3) is 0.538. The number of ether oxygens (including phenoxy) is 1. The van der Waals surface area contributed by atoms with Crippen molar-refractivity contribution in [3.05, 3.63) is 38.9 Å². The van der Waals surface area contributed by atoms with Crippen molar-refractivity contribution in [2.75, 3.05) is 0 Å². The van der Waals surface area contributed by atoms with E-state index >= 15 is 0 Å². The Morgan fingerprint density at radius 3 is 2.68 bits per heavy atom. The predicted octanol–water partition coefficient (Wildman–Crippen LogP) is 3.07. The normalized spacial score (nSPS) is 23.3. The SMILES string of the molecule is O=[N+]([O-])c1ccc(Cl)cc1COC1CCC(O)CC1. The van der Waals surface area contributed by atoms with Gasteiger partial charge in [0, 0.05) is 11.1 Å². The lowest BCUT2D eigenvalue weighted by Gasteiger charge is -2.25. The number of nitro benzene ring substituents is 1. The summed E-state index contributed by atoms with van der Waals surface area (Å²) >= 11 is 5.85. The maximum absolute atomic E-state index is 10.9. The Labute approximate surface area is 116 Å². The van der Waals surface area contributed by atoms with E-state index in [9.17, 15) is 15.2 Å². The molecule has 0 aliphatic heterocycles. The van der Waals surface area contributed by atoms with Crippen LogP contribution in [0.1, 0.15) is 31.2 Å². The van der Waals surface area contributed by atoms with Gasteiger partial charge in [0.25, 0.3) is 5.69 Å². The molecular weight excluding hydrogens is 270 g/mol. The van der Waals surface area contributed by atoms with E-state index in [2.05, 4.69) is 0 Å². The Morgan fingerprint density at radius 1 is 1.37 bits per heavy atom. The molecule has 1 aromatic rings. The lowest BCUT2D eigenvalue weighted by molar-refractivity contribution is -0.386. The molecule has 19 heavy (non-hydrogen) atoms. The van der Waals surface area contributed by atoms with Gasteiger partial charge >= 0.3 is 0 Å². The maximum atomic E-state index is 10.9. The first kappa shape index (κ1) is 14.2. The summed E-state index contributed by atoms with van der Waals surface area (Å²) in [7, 11) is 0. The van der Waals surface area contributed by atoms with Crippen molar-refractivity contribution in [1.82, 2.24) is 0 Å². The molecule has 0 atom stereocenters. The highest BCUT2D eigenvalue weighted by Gasteiger charge is 2.21. The van der Waals surface area contributed by atoms with Gasteiger partial charge in [-0.3, -0.25) is 10.1 Å². The second-order valence-corrected chi connectivity index (χ2v) is 5.21. The molecule has 1 aliphatic carbocycles. The second kappa shape index (κ2) is 6.32. The summed E-state index contributed by atoms with van der Waals surface area (Å²) in [5.74, 6) is 0. The lowest BCUT2D eigenvalue weighted by atomic mass is 9.95. The fourth-order valence-electron chi connectivity index (χ4n) is 2.27. The van der Waals surface area contributed by atoms with Crippen LogP contribution in [-0.4, -0.2) is 22.2 Å². The van der Waals surface area contributed by atoms with E-state index in [0.29, 0.717) is 10.6 Å². The highest BCUT2D eigenvalue weighted by atomic mass is 35.5. The molecule has 1 N–H and O–H groups in total. The Balaban J connectivity index is 1.98. The molecular formula is C13H16ClNO4. The second-order valence-electron chi connectivity index (χ2n) is 4.77. The zero-order valence-electron chi connectivity index (χ0n) is 10.4. The number of hydrogen-bond acceptors (Lipinski definition) is 4. The summed E-state index contributed by atoms with van der Waals surface area (Å²) < 4.78 is 5.69. The minimum absolute atomic E-state index is 0.0280. The van der Waals surface area contributed by atoms with Gasteiger partial charge in [-0.05, 0) is 37.8 Å². The number of halogens is 1. The van der Waals surface area contributed by atoms with Gasteiger partial charge in [-0.2, -0.15) is 0 Å². The van der Waals surface area contributed by atoms with Crippen LogP contribution in [0, 0.1) is 10.1 Å². The van der Waals surface area contributed by atoms with E-state index in [0.717, 1.165) is 25.7 Å². The summed E-state index contributed by atoms with van der Waals surface area (Å²) in [6.07, 6.45) is 2.85. The minimum atomic E-state index is -0.431. The van der Waals surface area contributed by atoms with Gasteiger partial charge in [0.15, 0.2) is 0 Å². The fourth-order valence-corrected chi connectivity index (χ4v) is 2.46. The van der Waals surface area contributed by atoms with E-state index in [4.69, 9.17) is 16.3 Å². The molecule has 1 aromatic carbocycles. The molecule has 0 unspecified atom stereocenters. The summed E-state index contributed by atoms with van der Waals surface area (Å²) in [4.78, 5) is 10.5. The molecule has 0 amide bonds. The quantitative estimate of drug-likeness (QED) is 0.681. The van der Waals surface area contributed by atoms with Gasteiger partial charge in [0.2, 0.25) is 0 Å².